The van der Waals surface area contributed by atoms with E-state index in [0.717, 1.165) is 16.5 Å². The Morgan fingerprint density at radius 1 is 2.00 bits per heavy atom. The SMILES string of the molecule is O=CC1CC=C(I)O1. The largest absolute Gasteiger partial charge is 0.477 e. The summed E-state index contributed by atoms with van der Waals surface area (Å²) in [5.74, 6) is 0. The molecule has 0 bridgehead atoms. The summed E-state index contributed by atoms with van der Waals surface area (Å²) in [4.78, 5) is 9.99. The summed E-state index contributed by atoms with van der Waals surface area (Å²) in [7, 11) is 0. The molecule has 0 aromatic rings. The van der Waals surface area contributed by atoms with Gasteiger partial charge in [-0.2, -0.15) is 0 Å². The van der Waals surface area contributed by atoms with Crippen molar-refractivity contribution in [3.05, 3.63) is 9.84 Å². The second-order valence-corrected chi connectivity index (χ2v) is 2.60. The van der Waals surface area contributed by atoms with Crippen LogP contribution in [0.15, 0.2) is 9.84 Å². The Morgan fingerprint density at radius 2 is 2.75 bits per heavy atom. The van der Waals surface area contributed by atoms with Gasteiger partial charge in [-0.05, 0) is 28.7 Å². The van der Waals surface area contributed by atoms with E-state index in [1.54, 1.807) is 0 Å². The fourth-order valence-electron chi connectivity index (χ4n) is 0.533. The highest BCUT2D eigenvalue weighted by Gasteiger charge is 2.13. The maximum atomic E-state index is 9.99. The van der Waals surface area contributed by atoms with E-state index in [2.05, 4.69) is 22.6 Å². The number of ether oxygens (including phenoxy) is 1. The maximum absolute atomic E-state index is 9.99. The fraction of sp³-hybridized carbons (Fsp3) is 0.400. The second-order valence-electron chi connectivity index (χ2n) is 1.54. The lowest BCUT2D eigenvalue weighted by Crippen LogP contribution is -2.05. The van der Waals surface area contributed by atoms with Gasteiger partial charge in [-0.3, -0.25) is 4.79 Å². The predicted octanol–water partition coefficient (Wildman–Crippen LogP) is 1.25. The fourth-order valence-corrected chi connectivity index (χ4v) is 1.11. The molecule has 0 aromatic carbocycles. The summed E-state index contributed by atoms with van der Waals surface area (Å²) in [6, 6.07) is 0. The van der Waals surface area contributed by atoms with Crippen molar-refractivity contribution in [1.82, 2.24) is 0 Å². The maximum Gasteiger partial charge on any atom is 0.160 e. The molecule has 3 heteroatoms. The third kappa shape index (κ3) is 1.21. The molecule has 8 heavy (non-hydrogen) atoms. The van der Waals surface area contributed by atoms with E-state index < -0.39 is 0 Å². The van der Waals surface area contributed by atoms with Crippen molar-refractivity contribution < 1.29 is 9.53 Å². The molecule has 0 amide bonds. The summed E-state index contributed by atoms with van der Waals surface area (Å²) in [5.41, 5.74) is 0. The van der Waals surface area contributed by atoms with Crippen LogP contribution in [-0.2, 0) is 9.53 Å². The minimum Gasteiger partial charge on any atom is -0.477 e. The summed E-state index contributed by atoms with van der Waals surface area (Å²) in [5, 5.41) is 0. The van der Waals surface area contributed by atoms with Gasteiger partial charge in [0.15, 0.2) is 16.2 Å². The summed E-state index contributed by atoms with van der Waals surface area (Å²) in [6.45, 7) is 0. The van der Waals surface area contributed by atoms with Gasteiger partial charge in [0.1, 0.15) is 0 Å². The van der Waals surface area contributed by atoms with Crippen LogP contribution in [-0.4, -0.2) is 12.4 Å². The van der Waals surface area contributed by atoms with Crippen molar-refractivity contribution in [3.63, 3.8) is 0 Å². The zero-order chi connectivity index (χ0) is 5.98. The molecular formula is C5H5IO2. The smallest absolute Gasteiger partial charge is 0.160 e. The molecule has 1 rings (SSSR count). The highest BCUT2D eigenvalue weighted by Crippen LogP contribution is 2.20. The van der Waals surface area contributed by atoms with Crippen molar-refractivity contribution in [2.45, 2.75) is 12.5 Å². The Hall–Kier alpha value is -0.0600. The average molecular weight is 224 g/mol. The number of rotatable bonds is 1. The minimum absolute atomic E-state index is 0.207. The molecule has 0 spiro atoms. The number of hydrogen-bond acceptors (Lipinski definition) is 2. The van der Waals surface area contributed by atoms with Crippen LogP contribution in [0.2, 0.25) is 0 Å². The van der Waals surface area contributed by atoms with Gasteiger partial charge in [-0.1, -0.05) is 0 Å². The molecule has 44 valence electrons. The van der Waals surface area contributed by atoms with Crippen molar-refractivity contribution in [3.8, 4) is 0 Å². The van der Waals surface area contributed by atoms with Gasteiger partial charge in [0.2, 0.25) is 0 Å². The lowest BCUT2D eigenvalue weighted by molar-refractivity contribution is -0.114. The molecule has 0 radical (unpaired) electrons. The van der Waals surface area contributed by atoms with E-state index in [1.807, 2.05) is 6.08 Å². The zero-order valence-corrected chi connectivity index (χ0v) is 6.29. The highest BCUT2D eigenvalue weighted by atomic mass is 127. The third-order valence-corrected chi connectivity index (χ3v) is 1.62. The van der Waals surface area contributed by atoms with E-state index >= 15 is 0 Å². The molecule has 2 nitrogen and oxygen atoms in total. The summed E-state index contributed by atoms with van der Waals surface area (Å²) in [6.07, 6.45) is 3.26. The standard InChI is InChI=1S/C5H5IO2/c6-5-2-1-4(3-7)8-5/h2-4H,1H2. The van der Waals surface area contributed by atoms with Gasteiger partial charge in [-0.25, -0.2) is 0 Å². The van der Waals surface area contributed by atoms with Crippen LogP contribution >= 0.6 is 22.6 Å². The first-order valence-corrected chi connectivity index (χ1v) is 3.38. The highest BCUT2D eigenvalue weighted by molar-refractivity contribution is 14.1. The van der Waals surface area contributed by atoms with E-state index in [9.17, 15) is 4.79 Å². The topological polar surface area (TPSA) is 26.3 Å². The lowest BCUT2D eigenvalue weighted by Gasteiger charge is -1.99. The van der Waals surface area contributed by atoms with E-state index in [-0.39, 0.29) is 6.10 Å². The normalized spacial score (nSPS) is 26.6. The van der Waals surface area contributed by atoms with E-state index in [1.165, 1.54) is 0 Å². The quantitative estimate of drug-likeness (QED) is 0.494. The van der Waals surface area contributed by atoms with E-state index in [0.29, 0.717) is 0 Å². The van der Waals surface area contributed by atoms with Crippen LogP contribution in [0.25, 0.3) is 0 Å². The monoisotopic (exact) mass is 224 g/mol. The molecular weight excluding hydrogens is 219 g/mol. The van der Waals surface area contributed by atoms with Gasteiger partial charge in [-0.15, -0.1) is 0 Å². The van der Waals surface area contributed by atoms with E-state index in [4.69, 9.17) is 4.74 Å². The Bertz CT molecular complexity index is 130. The Morgan fingerprint density at radius 3 is 3.00 bits per heavy atom. The lowest BCUT2D eigenvalue weighted by atomic mass is 10.3. The van der Waals surface area contributed by atoms with Crippen molar-refractivity contribution >= 4 is 28.9 Å². The van der Waals surface area contributed by atoms with Crippen LogP contribution in [0.3, 0.4) is 0 Å². The number of carbonyl (C=O) groups is 1. The Balaban J connectivity index is 2.43. The molecule has 1 unspecified atom stereocenters. The second kappa shape index (κ2) is 2.48. The number of halogens is 1. The van der Waals surface area contributed by atoms with Crippen molar-refractivity contribution in [2.75, 3.05) is 0 Å². The summed E-state index contributed by atoms with van der Waals surface area (Å²) >= 11 is 2.05. The predicted molar refractivity (Wildman–Crippen MR) is 37.7 cm³/mol. The molecule has 1 atom stereocenters. The number of carbonyl (C=O) groups excluding carboxylic acids is 1. The molecule has 1 aliphatic rings. The van der Waals surface area contributed by atoms with Crippen LogP contribution in [0.1, 0.15) is 6.42 Å². The Labute approximate surface area is 61.0 Å². The molecule has 0 aromatic heterocycles. The van der Waals surface area contributed by atoms with Crippen LogP contribution in [0.5, 0.6) is 0 Å². The average Bonchev–Trinajstić information content (AvgIpc) is 2.14. The molecule has 1 heterocycles. The van der Waals surface area contributed by atoms with Gasteiger partial charge >= 0.3 is 0 Å². The van der Waals surface area contributed by atoms with Crippen LogP contribution in [0.4, 0.5) is 0 Å². The molecule has 0 saturated heterocycles. The Kier molecular flexibility index (Phi) is 1.88. The molecule has 0 N–H and O–H groups in total. The third-order valence-electron chi connectivity index (χ3n) is 0.926. The van der Waals surface area contributed by atoms with Gasteiger partial charge in [0, 0.05) is 6.42 Å². The molecule has 0 saturated carbocycles. The van der Waals surface area contributed by atoms with Gasteiger partial charge < -0.3 is 4.74 Å². The van der Waals surface area contributed by atoms with Crippen molar-refractivity contribution in [1.29, 1.82) is 0 Å². The first-order valence-electron chi connectivity index (χ1n) is 2.30. The first kappa shape index (κ1) is 6.07. The minimum atomic E-state index is -0.207. The molecule has 1 aliphatic heterocycles. The van der Waals surface area contributed by atoms with Gasteiger partial charge in [0.25, 0.3) is 0 Å². The number of aldehydes is 1. The molecule has 0 fully saturated rings. The first-order chi connectivity index (χ1) is 3.83. The van der Waals surface area contributed by atoms with Gasteiger partial charge in [0.05, 0.1) is 0 Å². The zero-order valence-electron chi connectivity index (χ0n) is 4.13. The number of hydrogen-bond donors (Lipinski definition) is 0. The van der Waals surface area contributed by atoms with Crippen molar-refractivity contribution in [2.24, 2.45) is 0 Å². The molecule has 0 aliphatic carbocycles. The van der Waals surface area contributed by atoms with Crippen LogP contribution < -0.4 is 0 Å². The summed E-state index contributed by atoms with van der Waals surface area (Å²) < 4.78 is 5.82. The van der Waals surface area contributed by atoms with Crippen LogP contribution in [0, 0.1) is 0 Å².